The van der Waals surface area contributed by atoms with E-state index in [0.29, 0.717) is 21.5 Å². The highest BCUT2D eigenvalue weighted by molar-refractivity contribution is 6.36. The molecule has 0 unspecified atom stereocenters. The molecule has 0 saturated heterocycles. The molecular formula is C15H15ClN2O3. The zero-order valence-corrected chi connectivity index (χ0v) is 12.4. The average Bonchev–Trinajstić information content (AvgIpc) is 2.45. The second kappa shape index (κ2) is 5.69. The molecule has 21 heavy (non-hydrogen) atoms. The highest BCUT2D eigenvalue weighted by atomic mass is 35.5. The van der Waals surface area contributed by atoms with Crippen LogP contribution < -0.4 is 5.32 Å². The van der Waals surface area contributed by atoms with E-state index in [1.54, 1.807) is 44.3 Å². The smallest absolute Gasteiger partial charge is 0.310 e. The molecule has 0 bridgehead atoms. The van der Waals surface area contributed by atoms with Gasteiger partial charge in [-0.1, -0.05) is 11.6 Å². The van der Waals surface area contributed by atoms with Gasteiger partial charge in [0.15, 0.2) is 0 Å². The van der Waals surface area contributed by atoms with E-state index < -0.39 is 11.4 Å². The van der Waals surface area contributed by atoms with Crippen LogP contribution >= 0.6 is 11.6 Å². The molecule has 0 aliphatic heterocycles. The summed E-state index contributed by atoms with van der Waals surface area (Å²) in [4.78, 5) is 27.5. The second-order valence-corrected chi connectivity index (χ2v) is 5.77. The van der Waals surface area contributed by atoms with E-state index in [-0.39, 0.29) is 12.5 Å². The molecule has 1 heterocycles. The quantitative estimate of drug-likeness (QED) is 0.910. The van der Waals surface area contributed by atoms with Crippen LogP contribution in [0, 0.1) is 5.41 Å². The Bertz CT molecular complexity index is 713. The van der Waals surface area contributed by atoms with E-state index in [2.05, 4.69) is 10.3 Å². The Balaban J connectivity index is 2.29. The molecule has 110 valence electrons. The minimum absolute atomic E-state index is 0.0259. The van der Waals surface area contributed by atoms with Crippen molar-refractivity contribution in [3.05, 3.63) is 41.0 Å². The number of rotatable bonds is 4. The van der Waals surface area contributed by atoms with Gasteiger partial charge in [0, 0.05) is 18.1 Å². The van der Waals surface area contributed by atoms with Crippen LogP contribution in [0.2, 0.25) is 5.02 Å². The van der Waals surface area contributed by atoms with Crippen LogP contribution in [-0.4, -0.2) is 28.5 Å². The summed E-state index contributed by atoms with van der Waals surface area (Å²) in [6.07, 6.45) is 1.58. The van der Waals surface area contributed by atoms with Crippen molar-refractivity contribution in [2.45, 2.75) is 13.8 Å². The maximum Gasteiger partial charge on any atom is 0.310 e. The molecule has 5 nitrogen and oxygen atoms in total. The van der Waals surface area contributed by atoms with Gasteiger partial charge in [0.25, 0.3) is 5.91 Å². The number of halogens is 1. The molecule has 0 atom stereocenters. The summed E-state index contributed by atoms with van der Waals surface area (Å²) in [7, 11) is 0. The van der Waals surface area contributed by atoms with Crippen molar-refractivity contribution in [2.75, 3.05) is 6.54 Å². The third-order valence-electron chi connectivity index (χ3n) is 3.23. The second-order valence-electron chi connectivity index (χ2n) is 5.37. The Kier molecular flexibility index (Phi) is 4.14. The number of hydrogen-bond donors (Lipinski definition) is 2. The van der Waals surface area contributed by atoms with Crippen molar-refractivity contribution in [1.82, 2.24) is 10.3 Å². The molecule has 2 rings (SSSR count). The van der Waals surface area contributed by atoms with Crippen LogP contribution in [0.5, 0.6) is 0 Å². The largest absolute Gasteiger partial charge is 0.481 e. The normalized spacial score (nSPS) is 11.4. The minimum Gasteiger partial charge on any atom is -0.481 e. The molecule has 1 aromatic carbocycles. The molecule has 1 amide bonds. The Labute approximate surface area is 126 Å². The van der Waals surface area contributed by atoms with Crippen molar-refractivity contribution in [1.29, 1.82) is 0 Å². The first kappa shape index (κ1) is 15.3. The number of aliphatic carboxylic acids is 1. The van der Waals surface area contributed by atoms with E-state index >= 15 is 0 Å². The Hall–Kier alpha value is -2.14. The Morgan fingerprint density at radius 1 is 1.33 bits per heavy atom. The number of fused-ring (bicyclic) bond motifs is 1. The number of benzene rings is 1. The first-order valence-electron chi connectivity index (χ1n) is 6.38. The van der Waals surface area contributed by atoms with Crippen molar-refractivity contribution in [3.63, 3.8) is 0 Å². The van der Waals surface area contributed by atoms with Crippen molar-refractivity contribution >= 4 is 34.4 Å². The Morgan fingerprint density at radius 3 is 2.71 bits per heavy atom. The van der Waals surface area contributed by atoms with Crippen LogP contribution in [0.3, 0.4) is 0 Å². The van der Waals surface area contributed by atoms with Gasteiger partial charge in [-0.15, -0.1) is 0 Å². The Morgan fingerprint density at radius 2 is 2.05 bits per heavy atom. The lowest BCUT2D eigenvalue weighted by atomic mass is 9.94. The van der Waals surface area contributed by atoms with Crippen molar-refractivity contribution in [2.24, 2.45) is 5.41 Å². The minimum atomic E-state index is -1.04. The van der Waals surface area contributed by atoms with E-state index in [1.165, 1.54) is 0 Å². The fraction of sp³-hybridized carbons (Fsp3) is 0.267. The number of nitrogens with zero attached hydrogens (tertiary/aromatic N) is 1. The van der Waals surface area contributed by atoms with Gasteiger partial charge in [0.1, 0.15) is 0 Å². The summed E-state index contributed by atoms with van der Waals surface area (Å²) in [6.45, 7) is 3.12. The number of carbonyl (C=O) groups excluding carboxylic acids is 1. The number of hydrogen-bond acceptors (Lipinski definition) is 3. The zero-order valence-electron chi connectivity index (χ0n) is 11.7. The molecule has 1 aromatic heterocycles. The van der Waals surface area contributed by atoms with Crippen LogP contribution in [-0.2, 0) is 4.79 Å². The van der Waals surface area contributed by atoms with E-state index in [0.717, 1.165) is 0 Å². The summed E-state index contributed by atoms with van der Waals surface area (Å²) < 4.78 is 0. The predicted molar refractivity (Wildman–Crippen MR) is 80.5 cm³/mol. The molecule has 2 N–H and O–H groups in total. The van der Waals surface area contributed by atoms with Crippen molar-refractivity contribution in [3.8, 4) is 0 Å². The standard InChI is InChI=1S/C15H15ClN2O3/c1-15(2,14(20)21)8-18-13(19)10-5-6-11(16)9-4-3-7-17-12(9)10/h3-7H,8H2,1-2H3,(H,18,19)(H,20,21). The van der Waals surface area contributed by atoms with E-state index in [9.17, 15) is 9.59 Å². The van der Waals surface area contributed by atoms with Gasteiger partial charge in [0.2, 0.25) is 0 Å². The molecule has 0 fully saturated rings. The number of carbonyl (C=O) groups is 2. The van der Waals surface area contributed by atoms with Crippen LogP contribution in [0.25, 0.3) is 10.9 Å². The third-order valence-corrected chi connectivity index (χ3v) is 3.56. The zero-order chi connectivity index (χ0) is 15.6. The number of pyridine rings is 1. The third kappa shape index (κ3) is 3.13. The fourth-order valence-electron chi connectivity index (χ4n) is 1.79. The lowest BCUT2D eigenvalue weighted by Gasteiger charge is -2.19. The summed E-state index contributed by atoms with van der Waals surface area (Å²) in [5, 5.41) is 12.9. The highest BCUT2D eigenvalue weighted by Crippen LogP contribution is 2.25. The van der Waals surface area contributed by atoms with Crippen LogP contribution in [0.1, 0.15) is 24.2 Å². The fourth-order valence-corrected chi connectivity index (χ4v) is 2.01. The average molecular weight is 307 g/mol. The molecule has 2 aromatic rings. The van der Waals surface area contributed by atoms with Gasteiger partial charge in [-0.05, 0) is 38.1 Å². The molecule has 0 aliphatic rings. The first-order valence-corrected chi connectivity index (χ1v) is 6.75. The van der Waals surface area contributed by atoms with E-state index in [1.807, 2.05) is 0 Å². The van der Waals surface area contributed by atoms with Crippen LogP contribution in [0.15, 0.2) is 30.5 Å². The van der Waals surface area contributed by atoms with Crippen LogP contribution in [0.4, 0.5) is 0 Å². The van der Waals surface area contributed by atoms with Gasteiger partial charge >= 0.3 is 5.97 Å². The predicted octanol–water partition coefficient (Wildman–Crippen LogP) is 2.73. The monoisotopic (exact) mass is 306 g/mol. The summed E-state index contributed by atoms with van der Waals surface area (Å²) in [6, 6.07) is 6.73. The van der Waals surface area contributed by atoms with Gasteiger partial charge in [-0.3, -0.25) is 14.6 Å². The molecule has 0 radical (unpaired) electrons. The topological polar surface area (TPSA) is 79.3 Å². The molecule has 0 spiro atoms. The molecular weight excluding hydrogens is 292 g/mol. The summed E-state index contributed by atoms with van der Waals surface area (Å²) in [5.41, 5.74) is -0.169. The van der Waals surface area contributed by atoms with Gasteiger partial charge in [0.05, 0.1) is 21.5 Å². The molecule has 0 aliphatic carbocycles. The highest BCUT2D eigenvalue weighted by Gasteiger charge is 2.28. The first-order chi connectivity index (χ1) is 9.83. The van der Waals surface area contributed by atoms with Gasteiger partial charge < -0.3 is 10.4 Å². The van der Waals surface area contributed by atoms with Crippen molar-refractivity contribution < 1.29 is 14.7 Å². The van der Waals surface area contributed by atoms with E-state index in [4.69, 9.17) is 16.7 Å². The number of carboxylic acids is 1. The van der Waals surface area contributed by atoms with Gasteiger partial charge in [-0.2, -0.15) is 0 Å². The molecule has 6 heteroatoms. The van der Waals surface area contributed by atoms with Gasteiger partial charge in [-0.25, -0.2) is 0 Å². The number of amides is 1. The number of carboxylic acid groups (broad SMARTS) is 1. The lowest BCUT2D eigenvalue weighted by molar-refractivity contribution is -0.146. The number of nitrogens with one attached hydrogen (secondary N) is 1. The molecule has 0 saturated carbocycles. The summed E-state index contributed by atoms with van der Waals surface area (Å²) >= 11 is 6.08. The number of aromatic nitrogens is 1. The maximum absolute atomic E-state index is 12.3. The maximum atomic E-state index is 12.3. The lowest BCUT2D eigenvalue weighted by Crippen LogP contribution is -2.39. The summed E-state index contributed by atoms with van der Waals surface area (Å²) in [5.74, 6) is -1.34. The SMILES string of the molecule is CC(C)(CNC(=O)c1ccc(Cl)c2cccnc12)C(=O)O.